The molecule has 3 rings (SSSR count). The molecular weight excluding hydrogens is 228 g/mol. The highest BCUT2D eigenvalue weighted by molar-refractivity contribution is 6.36. The number of anilines is 1. The SMILES string of the molecule is NNc1nnc2c(n1)[nH]c1c(Cl)cccc12. The van der Waals surface area contributed by atoms with Gasteiger partial charge in [-0.2, -0.15) is 4.98 Å². The molecule has 0 radical (unpaired) electrons. The number of benzene rings is 1. The van der Waals surface area contributed by atoms with E-state index in [0.29, 0.717) is 16.2 Å². The molecule has 0 saturated heterocycles. The number of H-pyrrole nitrogens is 1. The van der Waals surface area contributed by atoms with Crippen molar-refractivity contribution in [3.05, 3.63) is 23.2 Å². The molecule has 0 spiro atoms. The maximum absolute atomic E-state index is 6.05. The number of hydrogen-bond acceptors (Lipinski definition) is 5. The molecule has 0 saturated carbocycles. The molecule has 0 aliphatic rings. The summed E-state index contributed by atoms with van der Waals surface area (Å²) in [4.78, 5) is 7.23. The second-order valence-corrected chi connectivity index (χ2v) is 3.67. The number of nitrogen functional groups attached to an aromatic ring is 1. The molecule has 80 valence electrons. The molecule has 16 heavy (non-hydrogen) atoms. The largest absolute Gasteiger partial charge is 0.336 e. The Morgan fingerprint density at radius 1 is 1.31 bits per heavy atom. The van der Waals surface area contributed by atoms with Gasteiger partial charge in [0.2, 0.25) is 0 Å². The maximum atomic E-state index is 6.05. The summed E-state index contributed by atoms with van der Waals surface area (Å²) in [6.45, 7) is 0. The van der Waals surface area contributed by atoms with Gasteiger partial charge in [0, 0.05) is 5.39 Å². The molecule has 1 aromatic carbocycles. The first kappa shape index (κ1) is 9.32. The average molecular weight is 235 g/mol. The van der Waals surface area contributed by atoms with E-state index in [1.54, 1.807) is 6.07 Å². The van der Waals surface area contributed by atoms with E-state index in [9.17, 15) is 0 Å². The van der Waals surface area contributed by atoms with Crippen molar-refractivity contribution in [2.45, 2.75) is 0 Å². The zero-order valence-electron chi connectivity index (χ0n) is 8.03. The van der Waals surface area contributed by atoms with Crippen LogP contribution in [-0.2, 0) is 0 Å². The number of nitrogens with one attached hydrogen (secondary N) is 2. The zero-order valence-corrected chi connectivity index (χ0v) is 8.78. The van der Waals surface area contributed by atoms with Crippen LogP contribution in [0, 0.1) is 0 Å². The molecule has 0 atom stereocenters. The van der Waals surface area contributed by atoms with E-state index in [2.05, 4.69) is 25.6 Å². The maximum Gasteiger partial charge on any atom is 0.258 e. The fourth-order valence-corrected chi connectivity index (χ4v) is 1.84. The Morgan fingerprint density at radius 3 is 3.00 bits per heavy atom. The normalized spacial score (nSPS) is 11.1. The number of aromatic nitrogens is 4. The van der Waals surface area contributed by atoms with E-state index in [1.807, 2.05) is 12.1 Å². The highest BCUT2D eigenvalue weighted by Crippen LogP contribution is 2.27. The fourth-order valence-electron chi connectivity index (χ4n) is 1.62. The molecular formula is C9H7ClN6. The lowest BCUT2D eigenvalue weighted by Crippen LogP contribution is -2.10. The summed E-state index contributed by atoms with van der Waals surface area (Å²) in [7, 11) is 0. The smallest absolute Gasteiger partial charge is 0.258 e. The van der Waals surface area contributed by atoms with Gasteiger partial charge in [0.05, 0.1) is 10.5 Å². The van der Waals surface area contributed by atoms with Crippen LogP contribution in [0.25, 0.3) is 22.1 Å². The van der Waals surface area contributed by atoms with Gasteiger partial charge in [-0.3, -0.25) is 5.43 Å². The van der Waals surface area contributed by atoms with Crippen molar-refractivity contribution >= 4 is 39.6 Å². The summed E-state index contributed by atoms with van der Waals surface area (Å²) >= 11 is 6.05. The number of para-hydroxylation sites is 1. The van der Waals surface area contributed by atoms with Crippen molar-refractivity contribution in [1.29, 1.82) is 0 Å². The summed E-state index contributed by atoms with van der Waals surface area (Å²) in [5.41, 5.74) is 4.42. The number of rotatable bonds is 1. The van der Waals surface area contributed by atoms with Crippen molar-refractivity contribution < 1.29 is 0 Å². The third kappa shape index (κ3) is 1.21. The third-order valence-corrected chi connectivity index (χ3v) is 2.64. The van der Waals surface area contributed by atoms with Gasteiger partial charge in [0.15, 0.2) is 5.65 Å². The molecule has 0 fully saturated rings. The lowest BCUT2D eigenvalue weighted by atomic mass is 10.2. The quantitative estimate of drug-likeness (QED) is 0.438. The van der Waals surface area contributed by atoms with E-state index in [1.165, 1.54) is 0 Å². The summed E-state index contributed by atoms with van der Waals surface area (Å²) < 4.78 is 0. The number of hydrogen-bond donors (Lipinski definition) is 3. The van der Waals surface area contributed by atoms with Crippen LogP contribution in [0.15, 0.2) is 18.2 Å². The zero-order chi connectivity index (χ0) is 11.1. The van der Waals surface area contributed by atoms with E-state index < -0.39 is 0 Å². The van der Waals surface area contributed by atoms with Gasteiger partial charge in [-0.1, -0.05) is 23.7 Å². The first-order chi connectivity index (χ1) is 7.79. The van der Waals surface area contributed by atoms with Gasteiger partial charge in [0.25, 0.3) is 5.95 Å². The molecule has 3 aromatic rings. The minimum atomic E-state index is 0.259. The Morgan fingerprint density at radius 2 is 2.19 bits per heavy atom. The molecule has 0 bridgehead atoms. The van der Waals surface area contributed by atoms with Crippen LogP contribution in [0.5, 0.6) is 0 Å². The molecule has 4 N–H and O–H groups in total. The Hall–Kier alpha value is -1.92. The molecule has 0 unspecified atom stereocenters. The van der Waals surface area contributed by atoms with Crippen LogP contribution >= 0.6 is 11.6 Å². The van der Waals surface area contributed by atoms with Gasteiger partial charge in [-0.05, 0) is 6.07 Å². The van der Waals surface area contributed by atoms with E-state index in [-0.39, 0.29) is 5.95 Å². The van der Waals surface area contributed by atoms with E-state index in [4.69, 9.17) is 17.4 Å². The average Bonchev–Trinajstić information content (AvgIpc) is 2.68. The second kappa shape index (κ2) is 3.29. The Kier molecular flexibility index (Phi) is 1.92. The van der Waals surface area contributed by atoms with Crippen LogP contribution in [0.1, 0.15) is 0 Å². The lowest BCUT2D eigenvalue weighted by molar-refractivity contribution is 1.01. The van der Waals surface area contributed by atoms with Gasteiger partial charge < -0.3 is 4.98 Å². The molecule has 2 aromatic heterocycles. The van der Waals surface area contributed by atoms with E-state index in [0.717, 1.165) is 10.9 Å². The summed E-state index contributed by atoms with van der Waals surface area (Å²) in [5, 5.41) is 9.37. The molecule has 0 aliphatic carbocycles. The first-order valence-electron chi connectivity index (χ1n) is 4.57. The fraction of sp³-hybridized carbons (Fsp3) is 0. The second-order valence-electron chi connectivity index (χ2n) is 3.26. The van der Waals surface area contributed by atoms with E-state index >= 15 is 0 Å². The standard InChI is InChI=1S/C9H7ClN6/c10-5-3-1-2-4-6(5)12-8-7(4)15-16-9(13-8)14-11/h1-3H,11H2,(H2,12,13,14,16). The predicted molar refractivity (Wildman–Crippen MR) is 62.0 cm³/mol. The summed E-state index contributed by atoms with van der Waals surface area (Å²) in [6.07, 6.45) is 0. The highest BCUT2D eigenvalue weighted by atomic mass is 35.5. The molecule has 0 amide bonds. The van der Waals surface area contributed by atoms with Gasteiger partial charge in [-0.25, -0.2) is 5.84 Å². The van der Waals surface area contributed by atoms with Gasteiger partial charge in [0.1, 0.15) is 5.52 Å². The summed E-state index contributed by atoms with van der Waals surface area (Å²) in [6, 6.07) is 5.56. The van der Waals surface area contributed by atoms with Crippen molar-refractivity contribution in [3.8, 4) is 0 Å². The van der Waals surface area contributed by atoms with Gasteiger partial charge in [-0.15, -0.1) is 10.2 Å². The summed E-state index contributed by atoms with van der Waals surface area (Å²) in [5.74, 6) is 5.47. The van der Waals surface area contributed by atoms with Crippen LogP contribution in [0.3, 0.4) is 0 Å². The third-order valence-electron chi connectivity index (χ3n) is 2.33. The van der Waals surface area contributed by atoms with Gasteiger partial charge >= 0.3 is 0 Å². The monoisotopic (exact) mass is 234 g/mol. The number of halogens is 1. The number of fused-ring (bicyclic) bond motifs is 3. The predicted octanol–water partition coefficient (Wildman–Crippen LogP) is 1.45. The van der Waals surface area contributed by atoms with Crippen molar-refractivity contribution in [1.82, 2.24) is 20.2 Å². The minimum absolute atomic E-state index is 0.259. The van der Waals surface area contributed by atoms with Crippen LogP contribution in [0.4, 0.5) is 5.95 Å². The number of aromatic amines is 1. The molecule has 0 aliphatic heterocycles. The Bertz CT molecular complexity index is 676. The van der Waals surface area contributed by atoms with Crippen molar-refractivity contribution in [2.75, 3.05) is 5.43 Å². The van der Waals surface area contributed by atoms with Crippen LogP contribution < -0.4 is 11.3 Å². The molecule has 7 heteroatoms. The number of hydrazine groups is 1. The molecule has 2 heterocycles. The van der Waals surface area contributed by atoms with Crippen molar-refractivity contribution in [2.24, 2.45) is 5.84 Å². The Balaban J connectivity index is 2.45. The van der Waals surface area contributed by atoms with Crippen LogP contribution in [-0.4, -0.2) is 20.2 Å². The molecule has 6 nitrogen and oxygen atoms in total. The highest BCUT2D eigenvalue weighted by Gasteiger charge is 2.10. The Labute approximate surface area is 94.8 Å². The van der Waals surface area contributed by atoms with Crippen molar-refractivity contribution in [3.63, 3.8) is 0 Å². The number of nitrogens with zero attached hydrogens (tertiary/aromatic N) is 3. The minimum Gasteiger partial charge on any atom is -0.336 e. The number of nitrogens with two attached hydrogens (primary N) is 1. The topological polar surface area (TPSA) is 92.5 Å². The first-order valence-corrected chi connectivity index (χ1v) is 4.94. The lowest BCUT2D eigenvalue weighted by Gasteiger charge is -1.94. The van der Waals surface area contributed by atoms with Crippen LogP contribution in [0.2, 0.25) is 5.02 Å².